The minimum atomic E-state index is -0.402. The van der Waals surface area contributed by atoms with Gasteiger partial charge in [-0.3, -0.25) is 0 Å². The van der Waals surface area contributed by atoms with Crippen molar-refractivity contribution >= 4 is 0 Å². The first kappa shape index (κ1) is 13.9. The average Bonchev–Trinajstić information content (AvgIpc) is 2.17. The molecule has 3 nitrogen and oxygen atoms in total. The lowest BCUT2D eigenvalue weighted by Crippen LogP contribution is -2.48. The first-order valence-electron chi connectivity index (χ1n) is 5.24. The quantitative estimate of drug-likeness (QED) is 0.679. The van der Waals surface area contributed by atoms with Crippen LogP contribution < -0.4 is 0 Å². The van der Waals surface area contributed by atoms with Crippen LogP contribution in [0.15, 0.2) is 0 Å². The van der Waals surface area contributed by atoms with Gasteiger partial charge in [0.05, 0.1) is 13.2 Å². The monoisotopic (exact) mass is 203 g/mol. The van der Waals surface area contributed by atoms with Crippen molar-refractivity contribution in [1.82, 2.24) is 4.90 Å². The van der Waals surface area contributed by atoms with Crippen LogP contribution in [0.4, 0.5) is 0 Å². The lowest BCUT2D eigenvalue weighted by molar-refractivity contribution is 0.0128. The molecule has 0 bridgehead atoms. The highest BCUT2D eigenvalue weighted by Crippen LogP contribution is 2.23. The Labute approximate surface area is 87.7 Å². The van der Waals surface area contributed by atoms with Crippen LogP contribution >= 0.6 is 0 Å². The maximum Gasteiger partial charge on any atom is 0.0519 e. The van der Waals surface area contributed by atoms with Crippen LogP contribution in [0.25, 0.3) is 0 Å². The van der Waals surface area contributed by atoms with Crippen molar-refractivity contribution in [1.29, 1.82) is 0 Å². The molecule has 0 atom stereocenters. The van der Waals surface area contributed by atoms with Crippen molar-refractivity contribution in [3.05, 3.63) is 0 Å². The molecule has 86 valence electrons. The van der Waals surface area contributed by atoms with Crippen LogP contribution in [-0.4, -0.2) is 47.5 Å². The molecule has 0 aliphatic rings. The van der Waals surface area contributed by atoms with E-state index in [-0.39, 0.29) is 18.8 Å². The number of hydrogen-bond acceptors (Lipinski definition) is 3. The third-order valence-corrected chi connectivity index (χ3v) is 3.28. The predicted molar refractivity (Wildman–Crippen MR) is 59.3 cm³/mol. The number of rotatable bonds is 6. The van der Waals surface area contributed by atoms with E-state index in [1.54, 1.807) is 0 Å². The van der Waals surface area contributed by atoms with Crippen LogP contribution in [0.1, 0.15) is 34.1 Å². The maximum atomic E-state index is 9.19. The molecule has 0 aliphatic carbocycles. The molecule has 0 amide bonds. The van der Waals surface area contributed by atoms with Gasteiger partial charge >= 0.3 is 0 Å². The van der Waals surface area contributed by atoms with Gasteiger partial charge in [-0.05, 0) is 27.3 Å². The third kappa shape index (κ3) is 3.56. The van der Waals surface area contributed by atoms with Crippen molar-refractivity contribution in [2.45, 2.75) is 39.7 Å². The van der Waals surface area contributed by atoms with Gasteiger partial charge in [-0.2, -0.15) is 0 Å². The summed E-state index contributed by atoms with van der Waals surface area (Å²) in [5.74, 6) is 0. The first-order chi connectivity index (χ1) is 6.31. The molecular weight excluding hydrogens is 178 g/mol. The van der Waals surface area contributed by atoms with Crippen LogP contribution in [-0.2, 0) is 0 Å². The zero-order valence-corrected chi connectivity index (χ0v) is 10.2. The first-order valence-corrected chi connectivity index (χ1v) is 5.24. The molecule has 0 aliphatic heterocycles. The SMILES string of the molecule is CCC(C)(C)N(C)CC(C)(CO)CO. The molecule has 0 aromatic heterocycles. The zero-order chi connectivity index (χ0) is 11.4. The second kappa shape index (κ2) is 5.10. The highest BCUT2D eigenvalue weighted by Gasteiger charge is 2.30. The van der Waals surface area contributed by atoms with E-state index >= 15 is 0 Å². The number of aliphatic hydroxyl groups excluding tert-OH is 2. The third-order valence-electron chi connectivity index (χ3n) is 3.28. The van der Waals surface area contributed by atoms with Gasteiger partial charge < -0.3 is 15.1 Å². The molecule has 0 rings (SSSR count). The Morgan fingerprint density at radius 3 is 1.79 bits per heavy atom. The van der Waals surface area contributed by atoms with Crippen LogP contribution in [0, 0.1) is 5.41 Å². The fourth-order valence-electron chi connectivity index (χ4n) is 1.21. The van der Waals surface area contributed by atoms with Gasteiger partial charge in [-0.25, -0.2) is 0 Å². The van der Waals surface area contributed by atoms with Gasteiger partial charge in [0.15, 0.2) is 0 Å². The molecule has 0 radical (unpaired) electrons. The zero-order valence-electron chi connectivity index (χ0n) is 10.2. The summed E-state index contributed by atoms with van der Waals surface area (Å²) in [5, 5.41) is 18.4. The minimum absolute atomic E-state index is 0.0215. The Bertz CT molecular complexity index is 165. The molecule has 0 fully saturated rings. The molecule has 0 aromatic rings. The lowest BCUT2D eigenvalue weighted by Gasteiger charge is -2.40. The highest BCUT2D eigenvalue weighted by atomic mass is 16.3. The van der Waals surface area contributed by atoms with Gasteiger partial charge in [-0.1, -0.05) is 13.8 Å². The van der Waals surface area contributed by atoms with Crippen molar-refractivity contribution in [3.63, 3.8) is 0 Å². The fraction of sp³-hybridized carbons (Fsp3) is 1.00. The van der Waals surface area contributed by atoms with E-state index in [1.165, 1.54) is 0 Å². The maximum absolute atomic E-state index is 9.19. The predicted octanol–water partition coefficient (Wildman–Crippen LogP) is 1.10. The molecule has 14 heavy (non-hydrogen) atoms. The normalized spacial score (nSPS) is 13.7. The van der Waals surface area contributed by atoms with E-state index in [0.717, 1.165) is 6.42 Å². The van der Waals surface area contributed by atoms with Gasteiger partial charge in [0.2, 0.25) is 0 Å². The number of hydrogen-bond donors (Lipinski definition) is 2. The topological polar surface area (TPSA) is 43.7 Å². The summed E-state index contributed by atoms with van der Waals surface area (Å²) >= 11 is 0. The van der Waals surface area contributed by atoms with Crippen molar-refractivity contribution in [2.24, 2.45) is 5.41 Å². The summed E-state index contributed by atoms with van der Waals surface area (Å²) < 4.78 is 0. The summed E-state index contributed by atoms with van der Waals surface area (Å²) in [5.41, 5.74) is -0.285. The standard InChI is InChI=1S/C11H25NO2/c1-6-10(2,3)12(5)7-11(4,8-13)9-14/h13-14H,6-9H2,1-5H3. The molecule has 0 heterocycles. The molecule has 0 saturated heterocycles. The molecule has 0 saturated carbocycles. The second-order valence-corrected chi connectivity index (χ2v) is 5.15. The van der Waals surface area contributed by atoms with E-state index in [0.29, 0.717) is 6.54 Å². The molecule has 0 spiro atoms. The summed E-state index contributed by atoms with van der Waals surface area (Å²) in [6.45, 7) is 9.13. The summed E-state index contributed by atoms with van der Waals surface area (Å²) in [7, 11) is 2.03. The lowest BCUT2D eigenvalue weighted by atomic mass is 9.89. The van der Waals surface area contributed by atoms with Crippen molar-refractivity contribution in [3.8, 4) is 0 Å². The largest absolute Gasteiger partial charge is 0.396 e. The van der Waals surface area contributed by atoms with Gasteiger partial charge in [-0.15, -0.1) is 0 Å². The van der Waals surface area contributed by atoms with Gasteiger partial charge in [0.25, 0.3) is 0 Å². The van der Waals surface area contributed by atoms with Crippen molar-refractivity contribution in [2.75, 3.05) is 26.8 Å². The molecule has 0 unspecified atom stereocenters. The Morgan fingerprint density at radius 2 is 1.50 bits per heavy atom. The average molecular weight is 203 g/mol. The highest BCUT2D eigenvalue weighted by molar-refractivity contribution is 4.83. The Morgan fingerprint density at radius 1 is 1.07 bits per heavy atom. The van der Waals surface area contributed by atoms with E-state index in [2.05, 4.69) is 25.7 Å². The van der Waals surface area contributed by atoms with Gasteiger partial charge in [0.1, 0.15) is 0 Å². The Kier molecular flexibility index (Phi) is 5.06. The summed E-state index contributed by atoms with van der Waals surface area (Å²) in [6.07, 6.45) is 1.05. The number of aliphatic hydroxyl groups is 2. The van der Waals surface area contributed by atoms with E-state index in [4.69, 9.17) is 0 Å². The van der Waals surface area contributed by atoms with Crippen molar-refractivity contribution < 1.29 is 10.2 Å². The number of nitrogens with zero attached hydrogens (tertiary/aromatic N) is 1. The molecule has 0 aromatic carbocycles. The van der Waals surface area contributed by atoms with Crippen LogP contribution in [0.5, 0.6) is 0 Å². The summed E-state index contributed by atoms with van der Waals surface area (Å²) in [6, 6.07) is 0. The molecule has 3 heteroatoms. The van der Waals surface area contributed by atoms with Crippen LogP contribution in [0.3, 0.4) is 0 Å². The van der Waals surface area contributed by atoms with E-state index in [1.807, 2.05) is 14.0 Å². The molecular formula is C11H25NO2. The Balaban J connectivity index is 4.36. The van der Waals surface area contributed by atoms with Gasteiger partial charge in [0, 0.05) is 17.5 Å². The Hall–Kier alpha value is -0.120. The van der Waals surface area contributed by atoms with E-state index < -0.39 is 5.41 Å². The second-order valence-electron chi connectivity index (χ2n) is 5.15. The minimum Gasteiger partial charge on any atom is -0.396 e. The van der Waals surface area contributed by atoms with E-state index in [9.17, 15) is 10.2 Å². The smallest absolute Gasteiger partial charge is 0.0519 e. The van der Waals surface area contributed by atoms with Crippen LogP contribution in [0.2, 0.25) is 0 Å². The summed E-state index contributed by atoms with van der Waals surface area (Å²) in [4.78, 5) is 2.19. The molecule has 2 N–H and O–H groups in total. The fourth-order valence-corrected chi connectivity index (χ4v) is 1.21.